The Balaban J connectivity index is 2.56. The Morgan fingerprint density at radius 2 is 1.67 bits per heavy atom. The van der Waals surface area contributed by atoms with Crippen LogP contribution in [0.1, 0.15) is 19.8 Å². The Bertz CT molecular complexity index is 464. The van der Waals surface area contributed by atoms with E-state index in [1.807, 2.05) is 0 Å². The molecule has 0 saturated carbocycles. The lowest BCUT2D eigenvalue weighted by atomic mass is 9.96. The molecule has 0 aromatic heterocycles. The quantitative estimate of drug-likeness (QED) is 0.680. The number of piperidine rings is 1. The van der Waals surface area contributed by atoms with Crippen LogP contribution in [0, 0.1) is 5.92 Å². The molecular weight excluding hydrogens is 342 g/mol. The number of sulfone groups is 1. The standard InChI is InChI=1S/C10H20BrNO4S2/c1-9(11)10-3-5-12(6-4-10)18(15,16)8-7-17(2,13)14/h9-10H,3-8H2,1-2H3. The van der Waals surface area contributed by atoms with Crippen LogP contribution in [0.25, 0.3) is 0 Å². The van der Waals surface area contributed by atoms with E-state index in [4.69, 9.17) is 0 Å². The van der Waals surface area contributed by atoms with Crippen molar-refractivity contribution in [3.63, 3.8) is 0 Å². The summed E-state index contributed by atoms with van der Waals surface area (Å²) in [5.74, 6) is -0.115. The zero-order valence-electron chi connectivity index (χ0n) is 10.7. The van der Waals surface area contributed by atoms with Crippen LogP contribution in [0.3, 0.4) is 0 Å². The number of nitrogens with zero attached hydrogens (tertiary/aromatic N) is 1. The zero-order chi connectivity index (χ0) is 14.0. The van der Waals surface area contributed by atoms with Gasteiger partial charge in [-0.2, -0.15) is 0 Å². The van der Waals surface area contributed by atoms with Crippen molar-refractivity contribution < 1.29 is 16.8 Å². The van der Waals surface area contributed by atoms with E-state index in [0.29, 0.717) is 23.8 Å². The van der Waals surface area contributed by atoms with Crippen LogP contribution in [0.15, 0.2) is 0 Å². The van der Waals surface area contributed by atoms with Gasteiger partial charge in [0.1, 0.15) is 9.84 Å². The number of halogens is 1. The number of hydrogen-bond acceptors (Lipinski definition) is 4. The molecular formula is C10H20BrNO4S2. The van der Waals surface area contributed by atoms with Crippen molar-refractivity contribution in [2.24, 2.45) is 5.92 Å². The predicted octanol–water partition coefficient (Wildman–Crippen LogP) is 0.856. The molecule has 1 saturated heterocycles. The Labute approximate surface area is 118 Å². The molecule has 108 valence electrons. The van der Waals surface area contributed by atoms with Crippen molar-refractivity contribution >= 4 is 35.8 Å². The van der Waals surface area contributed by atoms with Crippen LogP contribution in [-0.2, 0) is 19.9 Å². The first-order chi connectivity index (χ1) is 8.12. The van der Waals surface area contributed by atoms with Crippen LogP contribution in [0.4, 0.5) is 0 Å². The lowest BCUT2D eigenvalue weighted by Gasteiger charge is -2.32. The second kappa shape index (κ2) is 6.19. The molecule has 0 aliphatic carbocycles. The van der Waals surface area contributed by atoms with Crippen LogP contribution >= 0.6 is 15.9 Å². The summed E-state index contributed by atoms with van der Waals surface area (Å²) >= 11 is 3.52. The third-order valence-corrected chi connectivity index (χ3v) is 7.08. The van der Waals surface area contributed by atoms with E-state index >= 15 is 0 Å². The summed E-state index contributed by atoms with van der Waals surface area (Å²) in [7, 11) is -6.66. The van der Waals surface area contributed by atoms with Gasteiger partial charge in [-0.15, -0.1) is 0 Å². The molecule has 18 heavy (non-hydrogen) atoms. The summed E-state index contributed by atoms with van der Waals surface area (Å²) in [6.07, 6.45) is 2.70. The Hall–Kier alpha value is 0.340. The van der Waals surface area contributed by atoms with Gasteiger partial charge in [0.15, 0.2) is 0 Å². The predicted molar refractivity (Wildman–Crippen MR) is 76.2 cm³/mol. The van der Waals surface area contributed by atoms with Gasteiger partial charge < -0.3 is 0 Å². The normalized spacial score (nSPS) is 21.9. The zero-order valence-corrected chi connectivity index (χ0v) is 13.9. The van der Waals surface area contributed by atoms with Gasteiger partial charge in [-0.1, -0.05) is 22.9 Å². The van der Waals surface area contributed by atoms with Crippen LogP contribution < -0.4 is 0 Å². The molecule has 1 atom stereocenters. The highest BCUT2D eigenvalue weighted by molar-refractivity contribution is 9.09. The summed E-state index contributed by atoms with van der Waals surface area (Å²) in [4.78, 5) is 0.387. The van der Waals surface area contributed by atoms with Gasteiger partial charge in [0, 0.05) is 24.2 Å². The minimum atomic E-state index is -3.43. The minimum Gasteiger partial charge on any atom is -0.229 e. The van der Waals surface area contributed by atoms with E-state index < -0.39 is 19.9 Å². The van der Waals surface area contributed by atoms with E-state index in [-0.39, 0.29) is 11.5 Å². The number of alkyl halides is 1. The molecule has 1 aliphatic heterocycles. The molecule has 0 amide bonds. The third kappa shape index (κ3) is 5.14. The Morgan fingerprint density at radius 3 is 2.06 bits per heavy atom. The van der Waals surface area contributed by atoms with E-state index in [1.165, 1.54) is 4.31 Å². The lowest BCUT2D eigenvalue weighted by Crippen LogP contribution is -2.42. The molecule has 1 heterocycles. The maximum Gasteiger partial charge on any atom is 0.215 e. The highest BCUT2D eigenvalue weighted by Gasteiger charge is 2.29. The van der Waals surface area contributed by atoms with Crippen molar-refractivity contribution in [1.82, 2.24) is 4.31 Å². The average molecular weight is 362 g/mol. The fourth-order valence-electron chi connectivity index (χ4n) is 2.00. The second-order valence-corrected chi connectivity index (χ2v) is 10.7. The molecule has 0 spiro atoms. The molecule has 1 rings (SSSR count). The fourth-order valence-corrected chi connectivity index (χ4v) is 5.61. The van der Waals surface area contributed by atoms with Crippen LogP contribution in [0.5, 0.6) is 0 Å². The first kappa shape index (κ1) is 16.4. The first-order valence-corrected chi connectivity index (χ1v) is 10.5. The Kier molecular flexibility index (Phi) is 5.64. The number of sulfonamides is 1. The minimum absolute atomic E-state index is 0.301. The molecule has 1 unspecified atom stereocenters. The van der Waals surface area contributed by atoms with Gasteiger partial charge in [0.2, 0.25) is 10.0 Å². The van der Waals surface area contributed by atoms with E-state index in [9.17, 15) is 16.8 Å². The van der Waals surface area contributed by atoms with Crippen LogP contribution in [-0.4, -0.2) is 56.8 Å². The van der Waals surface area contributed by atoms with Crippen LogP contribution in [0.2, 0.25) is 0 Å². The summed E-state index contributed by atoms with van der Waals surface area (Å²) in [6.45, 7) is 3.05. The molecule has 0 aromatic carbocycles. The molecule has 0 bridgehead atoms. The summed E-state index contributed by atoms with van der Waals surface area (Å²) in [5, 5.41) is 0. The van der Waals surface area contributed by atoms with Crippen molar-refractivity contribution in [1.29, 1.82) is 0 Å². The second-order valence-electron chi connectivity index (χ2n) is 4.86. The molecule has 0 radical (unpaired) electrons. The molecule has 8 heteroatoms. The Morgan fingerprint density at radius 1 is 1.17 bits per heavy atom. The largest absolute Gasteiger partial charge is 0.229 e. The monoisotopic (exact) mass is 361 g/mol. The van der Waals surface area contributed by atoms with E-state index in [1.54, 1.807) is 0 Å². The van der Waals surface area contributed by atoms with Crippen molar-refractivity contribution in [2.75, 3.05) is 30.9 Å². The molecule has 0 aromatic rings. The van der Waals surface area contributed by atoms with Gasteiger partial charge in [-0.3, -0.25) is 0 Å². The van der Waals surface area contributed by atoms with Crippen molar-refractivity contribution in [3.8, 4) is 0 Å². The van der Waals surface area contributed by atoms with Gasteiger partial charge >= 0.3 is 0 Å². The highest BCUT2D eigenvalue weighted by Crippen LogP contribution is 2.26. The fraction of sp³-hybridized carbons (Fsp3) is 1.00. The molecule has 0 N–H and O–H groups in total. The molecule has 1 aliphatic rings. The van der Waals surface area contributed by atoms with Gasteiger partial charge in [0.05, 0.1) is 11.5 Å². The third-order valence-electron chi connectivity index (χ3n) is 3.25. The highest BCUT2D eigenvalue weighted by atomic mass is 79.9. The summed E-state index contributed by atoms with van der Waals surface area (Å²) in [5.41, 5.74) is 0. The molecule has 1 fully saturated rings. The van der Waals surface area contributed by atoms with Gasteiger partial charge in [-0.05, 0) is 18.8 Å². The number of hydrogen-bond donors (Lipinski definition) is 0. The lowest BCUT2D eigenvalue weighted by molar-refractivity contribution is 0.275. The van der Waals surface area contributed by atoms with Crippen molar-refractivity contribution in [2.45, 2.75) is 24.6 Å². The maximum absolute atomic E-state index is 12.0. The average Bonchev–Trinajstić information content (AvgIpc) is 2.26. The summed E-state index contributed by atoms with van der Waals surface area (Å²) in [6, 6.07) is 0. The van der Waals surface area contributed by atoms with E-state index in [2.05, 4.69) is 22.9 Å². The summed E-state index contributed by atoms with van der Waals surface area (Å²) < 4.78 is 47.4. The van der Waals surface area contributed by atoms with Crippen molar-refractivity contribution in [3.05, 3.63) is 0 Å². The maximum atomic E-state index is 12.0. The molecule has 5 nitrogen and oxygen atoms in total. The first-order valence-electron chi connectivity index (χ1n) is 5.91. The number of rotatable bonds is 5. The smallest absolute Gasteiger partial charge is 0.215 e. The topological polar surface area (TPSA) is 71.5 Å². The van der Waals surface area contributed by atoms with Gasteiger partial charge in [-0.25, -0.2) is 21.1 Å². The SMILES string of the molecule is CC(Br)C1CCN(S(=O)(=O)CCS(C)(=O)=O)CC1. The van der Waals surface area contributed by atoms with E-state index in [0.717, 1.165) is 19.1 Å². The van der Waals surface area contributed by atoms with Gasteiger partial charge in [0.25, 0.3) is 0 Å².